The number of anilines is 2. The molecule has 8 heteroatoms. The van der Waals surface area contributed by atoms with Crippen LogP contribution in [0, 0.1) is 12.8 Å². The molecular weight excluding hydrogens is 332 g/mol. The molecule has 6 N–H and O–H groups in total. The molecule has 0 spiro atoms. The van der Waals surface area contributed by atoms with E-state index in [0.29, 0.717) is 17.3 Å². The number of hydrogen-bond donors (Lipinski definition) is 4. The van der Waals surface area contributed by atoms with E-state index >= 15 is 0 Å². The lowest BCUT2D eigenvalue weighted by atomic mass is 10.0. The molecule has 1 saturated carbocycles. The molecule has 1 aliphatic carbocycles. The van der Waals surface area contributed by atoms with Gasteiger partial charge in [0, 0.05) is 17.7 Å². The molecule has 0 unspecified atom stereocenters. The molecule has 8 nitrogen and oxygen atoms in total. The van der Waals surface area contributed by atoms with Crippen molar-refractivity contribution in [3.63, 3.8) is 0 Å². The predicted molar refractivity (Wildman–Crippen MR) is 101 cm³/mol. The summed E-state index contributed by atoms with van der Waals surface area (Å²) in [5.41, 5.74) is 13.8. The lowest BCUT2D eigenvalue weighted by molar-refractivity contribution is 0.0698. The fourth-order valence-corrected chi connectivity index (χ4v) is 2.67. The zero-order valence-electron chi connectivity index (χ0n) is 14.7. The molecule has 1 aromatic heterocycles. The Morgan fingerprint density at radius 3 is 2.69 bits per heavy atom. The molecule has 0 saturated heterocycles. The van der Waals surface area contributed by atoms with Gasteiger partial charge in [0.15, 0.2) is 0 Å². The molecule has 1 aliphatic rings. The SMILES string of the molecule is Cc1cc(N[C@@H](C)c2ccc(C(=O)O)c(N=C(N)C3CC3)c2)nc(N)n1. The van der Waals surface area contributed by atoms with Crippen molar-refractivity contribution in [2.24, 2.45) is 16.6 Å². The molecule has 0 aliphatic heterocycles. The smallest absolute Gasteiger partial charge is 0.337 e. The number of benzene rings is 1. The number of hydrogen-bond acceptors (Lipinski definition) is 6. The van der Waals surface area contributed by atoms with Crippen molar-refractivity contribution in [3.05, 3.63) is 41.1 Å². The Morgan fingerprint density at radius 2 is 2.08 bits per heavy atom. The Balaban J connectivity index is 1.89. The molecule has 1 heterocycles. The van der Waals surface area contributed by atoms with Crippen molar-refractivity contribution in [1.82, 2.24) is 9.97 Å². The standard InChI is InChI=1S/C18H22N6O2/c1-9-7-15(24-18(20)21-9)22-10(2)12-5-6-13(17(25)26)14(8-12)23-16(19)11-3-4-11/h5-8,10-11H,3-4H2,1-2H3,(H2,19,23)(H,25,26)(H3,20,21,22,24)/t10-/m0/s1. The van der Waals surface area contributed by atoms with Crippen LogP contribution >= 0.6 is 0 Å². The van der Waals surface area contributed by atoms with Crippen LogP contribution in [0.5, 0.6) is 0 Å². The number of carboxylic acid groups (broad SMARTS) is 1. The van der Waals surface area contributed by atoms with Gasteiger partial charge in [-0.3, -0.25) is 0 Å². The average Bonchev–Trinajstić information content (AvgIpc) is 3.38. The summed E-state index contributed by atoms with van der Waals surface area (Å²) in [4.78, 5) is 24.0. The first kappa shape index (κ1) is 17.7. The monoisotopic (exact) mass is 354 g/mol. The van der Waals surface area contributed by atoms with Crippen LogP contribution in [0.15, 0.2) is 29.3 Å². The zero-order valence-corrected chi connectivity index (χ0v) is 14.7. The minimum absolute atomic E-state index is 0.131. The maximum atomic E-state index is 11.5. The number of carbonyl (C=O) groups is 1. The lowest BCUT2D eigenvalue weighted by Crippen LogP contribution is -2.14. The van der Waals surface area contributed by atoms with E-state index in [2.05, 4.69) is 20.3 Å². The van der Waals surface area contributed by atoms with Crippen molar-refractivity contribution in [2.45, 2.75) is 32.7 Å². The number of rotatable bonds is 6. The number of carboxylic acids is 1. The van der Waals surface area contributed by atoms with Gasteiger partial charge in [0.1, 0.15) is 11.7 Å². The molecular formula is C18H22N6O2. The van der Waals surface area contributed by atoms with Crippen LogP contribution in [-0.2, 0) is 0 Å². The maximum absolute atomic E-state index is 11.5. The topological polar surface area (TPSA) is 140 Å². The van der Waals surface area contributed by atoms with Gasteiger partial charge in [0.2, 0.25) is 5.95 Å². The summed E-state index contributed by atoms with van der Waals surface area (Å²) < 4.78 is 0. The number of aromatic carboxylic acids is 1. The van der Waals surface area contributed by atoms with E-state index in [-0.39, 0.29) is 23.5 Å². The molecule has 136 valence electrons. The van der Waals surface area contributed by atoms with E-state index in [0.717, 1.165) is 24.1 Å². The largest absolute Gasteiger partial charge is 0.478 e. The number of nitrogen functional groups attached to an aromatic ring is 1. The number of nitrogens with zero attached hydrogens (tertiary/aromatic N) is 3. The second-order valence-electron chi connectivity index (χ2n) is 6.51. The molecule has 26 heavy (non-hydrogen) atoms. The van der Waals surface area contributed by atoms with Crippen molar-refractivity contribution in [3.8, 4) is 0 Å². The lowest BCUT2D eigenvalue weighted by Gasteiger charge is -2.16. The van der Waals surface area contributed by atoms with E-state index in [4.69, 9.17) is 11.5 Å². The van der Waals surface area contributed by atoms with E-state index in [1.54, 1.807) is 24.3 Å². The van der Waals surface area contributed by atoms with Gasteiger partial charge < -0.3 is 21.9 Å². The first-order valence-electron chi connectivity index (χ1n) is 8.42. The van der Waals surface area contributed by atoms with Crippen LogP contribution in [0.3, 0.4) is 0 Å². The van der Waals surface area contributed by atoms with Crippen LogP contribution in [0.2, 0.25) is 0 Å². The number of aliphatic imine (C=N–C) groups is 1. The van der Waals surface area contributed by atoms with Crippen molar-refractivity contribution in [2.75, 3.05) is 11.1 Å². The number of nitrogens with two attached hydrogens (primary N) is 2. The highest BCUT2D eigenvalue weighted by atomic mass is 16.4. The minimum Gasteiger partial charge on any atom is -0.478 e. The summed E-state index contributed by atoms with van der Waals surface area (Å²) in [7, 11) is 0. The summed E-state index contributed by atoms with van der Waals surface area (Å²) in [6, 6.07) is 6.71. The van der Waals surface area contributed by atoms with Gasteiger partial charge in [-0.1, -0.05) is 6.07 Å². The van der Waals surface area contributed by atoms with Gasteiger partial charge in [-0.15, -0.1) is 0 Å². The number of nitrogens with one attached hydrogen (secondary N) is 1. The van der Waals surface area contributed by atoms with Gasteiger partial charge >= 0.3 is 5.97 Å². The molecule has 1 aromatic carbocycles. The van der Waals surface area contributed by atoms with Gasteiger partial charge in [-0.05, 0) is 44.4 Å². The minimum atomic E-state index is -1.03. The fraction of sp³-hybridized carbons (Fsp3) is 0.333. The molecule has 3 rings (SSSR count). The van der Waals surface area contributed by atoms with Gasteiger partial charge in [0.05, 0.1) is 17.3 Å². The Bertz CT molecular complexity index is 856. The second kappa shape index (κ2) is 6.99. The van der Waals surface area contributed by atoms with Crippen LogP contribution in [0.25, 0.3) is 0 Å². The third-order valence-electron chi connectivity index (χ3n) is 4.23. The van der Waals surface area contributed by atoms with Crippen LogP contribution in [-0.4, -0.2) is 26.9 Å². The zero-order chi connectivity index (χ0) is 18.8. The van der Waals surface area contributed by atoms with Gasteiger partial charge in [-0.25, -0.2) is 14.8 Å². The van der Waals surface area contributed by atoms with Crippen molar-refractivity contribution in [1.29, 1.82) is 0 Å². The summed E-state index contributed by atoms with van der Waals surface area (Å²) in [5.74, 6) is 0.529. The average molecular weight is 354 g/mol. The molecule has 2 aromatic rings. The highest BCUT2D eigenvalue weighted by Gasteiger charge is 2.26. The van der Waals surface area contributed by atoms with Gasteiger partial charge in [0.25, 0.3) is 0 Å². The van der Waals surface area contributed by atoms with Gasteiger partial charge in [-0.2, -0.15) is 4.98 Å². The first-order chi connectivity index (χ1) is 12.3. The molecule has 0 radical (unpaired) electrons. The van der Waals surface area contributed by atoms with E-state index in [1.807, 2.05) is 13.8 Å². The van der Waals surface area contributed by atoms with E-state index < -0.39 is 5.97 Å². The fourth-order valence-electron chi connectivity index (χ4n) is 2.67. The van der Waals surface area contributed by atoms with Crippen molar-refractivity contribution >= 4 is 29.3 Å². The molecule has 0 amide bonds. The van der Waals surface area contributed by atoms with Crippen LogP contribution in [0.4, 0.5) is 17.5 Å². The normalized spacial score (nSPS) is 15.5. The third kappa shape index (κ3) is 4.08. The Kier molecular flexibility index (Phi) is 4.75. The Hall–Kier alpha value is -3.16. The van der Waals surface area contributed by atoms with Crippen LogP contribution < -0.4 is 16.8 Å². The third-order valence-corrected chi connectivity index (χ3v) is 4.23. The Labute approximate surface area is 151 Å². The molecule has 1 atom stereocenters. The maximum Gasteiger partial charge on any atom is 0.337 e. The summed E-state index contributed by atoms with van der Waals surface area (Å²) in [6.07, 6.45) is 2.01. The number of amidine groups is 1. The van der Waals surface area contributed by atoms with Crippen LogP contribution in [0.1, 0.15) is 47.4 Å². The number of aromatic nitrogens is 2. The molecule has 1 fully saturated rings. The van der Waals surface area contributed by atoms with E-state index in [9.17, 15) is 9.90 Å². The van der Waals surface area contributed by atoms with Crippen molar-refractivity contribution < 1.29 is 9.90 Å². The summed E-state index contributed by atoms with van der Waals surface area (Å²) in [6.45, 7) is 3.78. The van der Waals surface area contributed by atoms with E-state index in [1.165, 1.54) is 0 Å². The second-order valence-corrected chi connectivity index (χ2v) is 6.51. The quantitative estimate of drug-likeness (QED) is 0.462. The highest BCUT2D eigenvalue weighted by Crippen LogP contribution is 2.32. The summed E-state index contributed by atoms with van der Waals surface area (Å²) >= 11 is 0. The highest BCUT2D eigenvalue weighted by molar-refractivity contribution is 5.96. The first-order valence-corrected chi connectivity index (χ1v) is 8.42. The Morgan fingerprint density at radius 1 is 1.35 bits per heavy atom. The predicted octanol–water partition coefficient (Wildman–Crippen LogP) is 2.64. The number of aryl methyl sites for hydroxylation is 1. The summed E-state index contributed by atoms with van der Waals surface area (Å²) in [5, 5.41) is 12.6. The molecule has 0 bridgehead atoms.